The zero-order valence-corrected chi connectivity index (χ0v) is 17.7. The molecule has 5 nitrogen and oxygen atoms in total. The maximum Gasteiger partial charge on any atom is 0.249 e. The van der Waals surface area contributed by atoms with Crippen molar-refractivity contribution in [1.29, 1.82) is 0 Å². The Hall–Kier alpha value is -3.57. The topological polar surface area (TPSA) is 55.2 Å². The lowest BCUT2D eigenvalue weighted by Crippen LogP contribution is -2.41. The number of ketones is 1. The molecule has 3 aromatic carbocycles. The average molecular weight is 412 g/mol. The average Bonchev–Trinajstić information content (AvgIpc) is 3.19. The summed E-state index contributed by atoms with van der Waals surface area (Å²) >= 11 is 0. The van der Waals surface area contributed by atoms with Crippen molar-refractivity contribution in [3.63, 3.8) is 0 Å². The van der Waals surface area contributed by atoms with E-state index < -0.39 is 6.04 Å². The van der Waals surface area contributed by atoms with Crippen molar-refractivity contribution in [1.82, 2.24) is 14.5 Å². The number of imidazole rings is 1. The zero-order chi connectivity index (χ0) is 21.8. The largest absolute Gasteiger partial charge is 0.291 e. The molecule has 0 bridgehead atoms. The SMILES string of the molecule is CC(=O)c1nc2ccccc2n1C(=O)C(C)N(Cc1ccccc1)Cc1ccccc1. The van der Waals surface area contributed by atoms with E-state index in [0.717, 1.165) is 11.1 Å². The number of carbonyl (C=O) groups excluding carboxylic acids is 2. The van der Waals surface area contributed by atoms with Gasteiger partial charge in [0, 0.05) is 20.0 Å². The van der Waals surface area contributed by atoms with E-state index in [1.54, 1.807) is 0 Å². The molecule has 0 aliphatic heterocycles. The van der Waals surface area contributed by atoms with Crippen LogP contribution in [-0.2, 0) is 13.1 Å². The van der Waals surface area contributed by atoms with Crippen molar-refractivity contribution in [2.45, 2.75) is 33.0 Å². The standard InChI is InChI=1S/C26H25N3O2/c1-19(26(31)29-24-16-10-9-15-23(24)27-25(29)20(2)30)28(17-21-11-5-3-6-12-21)18-22-13-7-4-8-14-22/h3-16,19H,17-18H2,1-2H3. The van der Waals surface area contributed by atoms with Gasteiger partial charge in [-0.2, -0.15) is 0 Å². The van der Waals surface area contributed by atoms with Crippen LogP contribution in [0.2, 0.25) is 0 Å². The molecular weight excluding hydrogens is 386 g/mol. The Morgan fingerprint density at radius 1 is 0.839 bits per heavy atom. The summed E-state index contributed by atoms with van der Waals surface area (Å²) in [5, 5.41) is 0. The first kappa shape index (κ1) is 20.7. The number of carbonyl (C=O) groups is 2. The Morgan fingerprint density at radius 3 is 1.90 bits per heavy atom. The van der Waals surface area contributed by atoms with E-state index in [-0.39, 0.29) is 17.5 Å². The fourth-order valence-electron chi connectivity index (χ4n) is 3.79. The number of aromatic nitrogens is 2. The summed E-state index contributed by atoms with van der Waals surface area (Å²) in [5.74, 6) is -0.211. The van der Waals surface area contributed by atoms with Crippen LogP contribution in [0.4, 0.5) is 0 Å². The molecule has 0 radical (unpaired) electrons. The molecule has 0 amide bonds. The van der Waals surface area contributed by atoms with Crippen LogP contribution in [0.15, 0.2) is 84.9 Å². The maximum absolute atomic E-state index is 13.7. The summed E-state index contributed by atoms with van der Waals surface area (Å²) in [6.45, 7) is 4.57. The summed E-state index contributed by atoms with van der Waals surface area (Å²) in [6, 6.07) is 27.1. The molecule has 0 saturated carbocycles. The second-order valence-corrected chi connectivity index (χ2v) is 7.71. The Kier molecular flexibility index (Phi) is 6.05. The summed E-state index contributed by atoms with van der Waals surface area (Å²) < 4.78 is 1.48. The predicted octanol–water partition coefficient (Wildman–Crippen LogP) is 4.97. The van der Waals surface area contributed by atoms with Crippen molar-refractivity contribution >= 4 is 22.7 Å². The molecule has 4 rings (SSSR count). The molecule has 4 aromatic rings. The van der Waals surface area contributed by atoms with Crippen LogP contribution in [0.5, 0.6) is 0 Å². The third-order valence-corrected chi connectivity index (χ3v) is 5.46. The molecule has 0 saturated heterocycles. The highest BCUT2D eigenvalue weighted by Gasteiger charge is 2.28. The van der Waals surface area contributed by atoms with Gasteiger partial charge in [0.25, 0.3) is 0 Å². The van der Waals surface area contributed by atoms with Crippen LogP contribution < -0.4 is 0 Å². The molecule has 0 aliphatic rings. The van der Waals surface area contributed by atoms with Crippen molar-refractivity contribution < 1.29 is 9.59 Å². The Bertz CT molecular complexity index is 1160. The molecule has 5 heteroatoms. The second-order valence-electron chi connectivity index (χ2n) is 7.71. The molecule has 0 spiro atoms. The number of hydrogen-bond acceptors (Lipinski definition) is 4. The minimum absolute atomic E-state index is 0.161. The molecule has 31 heavy (non-hydrogen) atoms. The highest BCUT2D eigenvalue weighted by atomic mass is 16.2. The first-order valence-electron chi connectivity index (χ1n) is 10.4. The van der Waals surface area contributed by atoms with E-state index in [2.05, 4.69) is 34.1 Å². The van der Waals surface area contributed by atoms with E-state index in [1.807, 2.05) is 67.6 Å². The molecule has 1 aromatic heterocycles. The summed E-state index contributed by atoms with van der Waals surface area (Å²) in [6.07, 6.45) is 0. The molecule has 0 fully saturated rings. The van der Waals surface area contributed by atoms with E-state index >= 15 is 0 Å². The van der Waals surface area contributed by atoms with Gasteiger partial charge in [-0.25, -0.2) is 4.98 Å². The number of nitrogens with zero attached hydrogens (tertiary/aromatic N) is 3. The second kappa shape index (κ2) is 9.06. The lowest BCUT2D eigenvalue weighted by Gasteiger charge is -2.29. The third kappa shape index (κ3) is 4.47. The Morgan fingerprint density at radius 2 is 1.35 bits per heavy atom. The van der Waals surface area contributed by atoms with Gasteiger partial charge in [0.15, 0.2) is 11.6 Å². The van der Waals surface area contributed by atoms with Gasteiger partial charge in [0.2, 0.25) is 5.91 Å². The lowest BCUT2D eigenvalue weighted by atomic mass is 10.1. The van der Waals surface area contributed by atoms with Crippen LogP contribution in [0.3, 0.4) is 0 Å². The van der Waals surface area contributed by atoms with Crippen molar-refractivity contribution in [3.05, 3.63) is 102 Å². The highest BCUT2D eigenvalue weighted by Crippen LogP contribution is 2.20. The van der Waals surface area contributed by atoms with Gasteiger partial charge in [0.1, 0.15) is 0 Å². The number of hydrogen-bond donors (Lipinski definition) is 0. The molecule has 0 aliphatic carbocycles. The lowest BCUT2D eigenvalue weighted by molar-refractivity contribution is 0.0722. The van der Waals surface area contributed by atoms with Gasteiger partial charge < -0.3 is 0 Å². The normalized spacial score (nSPS) is 12.2. The van der Waals surface area contributed by atoms with Gasteiger partial charge >= 0.3 is 0 Å². The molecule has 156 valence electrons. The van der Waals surface area contributed by atoms with E-state index in [1.165, 1.54) is 11.5 Å². The molecule has 1 unspecified atom stereocenters. The van der Waals surface area contributed by atoms with Crippen LogP contribution in [0.1, 0.15) is 40.4 Å². The van der Waals surface area contributed by atoms with Gasteiger partial charge in [-0.15, -0.1) is 0 Å². The summed E-state index contributed by atoms with van der Waals surface area (Å²) in [7, 11) is 0. The van der Waals surface area contributed by atoms with Crippen LogP contribution >= 0.6 is 0 Å². The first-order chi connectivity index (χ1) is 15.0. The fourth-order valence-corrected chi connectivity index (χ4v) is 3.79. The van der Waals surface area contributed by atoms with Gasteiger partial charge in [0.05, 0.1) is 17.1 Å². The molecule has 1 heterocycles. The monoisotopic (exact) mass is 411 g/mol. The minimum Gasteiger partial charge on any atom is -0.291 e. The van der Waals surface area contributed by atoms with E-state index in [4.69, 9.17) is 0 Å². The number of benzene rings is 3. The third-order valence-electron chi connectivity index (χ3n) is 5.46. The van der Waals surface area contributed by atoms with Crippen LogP contribution in [0, 0.1) is 0 Å². The maximum atomic E-state index is 13.7. The van der Waals surface area contributed by atoms with Crippen LogP contribution in [-0.4, -0.2) is 32.2 Å². The smallest absolute Gasteiger partial charge is 0.249 e. The van der Waals surface area contributed by atoms with Crippen molar-refractivity contribution in [3.8, 4) is 0 Å². The van der Waals surface area contributed by atoms with Crippen LogP contribution in [0.25, 0.3) is 11.0 Å². The van der Waals surface area contributed by atoms with E-state index in [9.17, 15) is 9.59 Å². The van der Waals surface area contributed by atoms with Gasteiger partial charge in [-0.1, -0.05) is 72.8 Å². The first-order valence-corrected chi connectivity index (χ1v) is 10.4. The molecule has 0 N–H and O–H groups in total. The quantitative estimate of drug-likeness (QED) is 0.403. The molecular formula is C26H25N3O2. The summed E-state index contributed by atoms with van der Waals surface area (Å²) in [5.41, 5.74) is 3.55. The van der Waals surface area contributed by atoms with Crippen molar-refractivity contribution in [2.24, 2.45) is 0 Å². The van der Waals surface area contributed by atoms with Gasteiger partial charge in [-0.3, -0.25) is 19.1 Å². The number of rotatable bonds is 7. The summed E-state index contributed by atoms with van der Waals surface area (Å²) in [4.78, 5) is 32.5. The number of para-hydroxylation sites is 2. The van der Waals surface area contributed by atoms with Crippen molar-refractivity contribution in [2.75, 3.05) is 0 Å². The van der Waals surface area contributed by atoms with Gasteiger partial charge in [-0.05, 0) is 30.2 Å². The Labute approximate surface area is 182 Å². The molecule has 1 atom stereocenters. The Balaban J connectivity index is 1.71. The zero-order valence-electron chi connectivity index (χ0n) is 17.7. The van der Waals surface area contributed by atoms with E-state index in [0.29, 0.717) is 24.1 Å². The minimum atomic E-state index is -0.462. The highest BCUT2D eigenvalue weighted by molar-refractivity contribution is 6.02. The number of Topliss-reactive ketones (excluding diaryl/α,β-unsaturated/α-hetero) is 1. The fraction of sp³-hybridized carbons (Fsp3) is 0.192. The number of fused-ring (bicyclic) bond motifs is 1. The predicted molar refractivity (Wildman–Crippen MR) is 122 cm³/mol.